The van der Waals surface area contributed by atoms with Crippen LogP contribution >= 0.6 is 0 Å². The lowest BCUT2D eigenvalue weighted by Crippen LogP contribution is -2.49. The van der Waals surface area contributed by atoms with Gasteiger partial charge in [-0.25, -0.2) is 4.39 Å². The third kappa shape index (κ3) is 3.58. The molecule has 7 heteroatoms. The first kappa shape index (κ1) is 20.2. The fourth-order valence-electron chi connectivity index (χ4n) is 3.86. The molecule has 6 nitrogen and oxygen atoms in total. The van der Waals surface area contributed by atoms with Gasteiger partial charge < -0.3 is 25.4 Å². The van der Waals surface area contributed by atoms with E-state index in [-0.39, 0.29) is 5.82 Å². The maximum absolute atomic E-state index is 13.6. The molecule has 0 aliphatic carbocycles. The molecule has 1 unspecified atom stereocenters. The third-order valence-electron chi connectivity index (χ3n) is 5.50. The van der Waals surface area contributed by atoms with Gasteiger partial charge in [0.05, 0.1) is 30.9 Å². The molecule has 28 heavy (non-hydrogen) atoms. The highest BCUT2D eigenvalue weighted by atomic mass is 19.1. The van der Waals surface area contributed by atoms with Gasteiger partial charge in [0.25, 0.3) is 5.91 Å². The summed E-state index contributed by atoms with van der Waals surface area (Å²) in [4.78, 5) is 14.4. The number of nitrogens with zero attached hydrogens (tertiary/aromatic N) is 1. The molecule has 1 aromatic carbocycles. The zero-order valence-electron chi connectivity index (χ0n) is 16.7. The second-order valence-electron chi connectivity index (χ2n) is 7.25. The van der Waals surface area contributed by atoms with E-state index in [9.17, 15) is 9.18 Å². The second-order valence-corrected chi connectivity index (χ2v) is 7.25. The van der Waals surface area contributed by atoms with Gasteiger partial charge in [-0.15, -0.1) is 0 Å². The molecule has 1 atom stereocenters. The summed E-state index contributed by atoms with van der Waals surface area (Å²) in [7, 11) is 0. The van der Waals surface area contributed by atoms with Gasteiger partial charge in [0.1, 0.15) is 11.5 Å². The highest BCUT2D eigenvalue weighted by molar-refractivity contribution is 5.93. The van der Waals surface area contributed by atoms with Crippen LogP contribution in [0.25, 0.3) is 0 Å². The molecule has 0 saturated carbocycles. The molecule has 2 aliphatic rings. The van der Waals surface area contributed by atoms with Gasteiger partial charge in [-0.2, -0.15) is 0 Å². The summed E-state index contributed by atoms with van der Waals surface area (Å²) in [6.07, 6.45) is 0.823. The summed E-state index contributed by atoms with van der Waals surface area (Å²) in [5.74, 6) is -0.336. The predicted octanol–water partition coefficient (Wildman–Crippen LogP) is 2.37. The number of hydrogen-bond acceptors (Lipinski definition) is 5. The summed E-state index contributed by atoms with van der Waals surface area (Å²) in [5.41, 5.74) is 7.83. The molecule has 3 N–H and O–H groups in total. The molecule has 0 bridgehead atoms. The van der Waals surface area contributed by atoms with Crippen molar-refractivity contribution in [2.24, 2.45) is 5.73 Å². The maximum atomic E-state index is 13.6. The number of hydrogen-bond donors (Lipinski definition) is 2. The molecular formula is C21H28FN3O3. The number of carbonyl (C=O) groups is 1. The summed E-state index contributed by atoms with van der Waals surface area (Å²) in [6, 6.07) is 6.37. The van der Waals surface area contributed by atoms with E-state index in [1.165, 1.54) is 12.1 Å². The molecule has 0 aromatic heterocycles. The number of halogens is 1. The van der Waals surface area contributed by atoms with Crippen LogP contribution in [-0.4, -0.2) is 43.7 Å². The molecule has 1 fully saturated rings. The van der Waals surface area contributed by atoms with Crippen molar-refractivity contribution in [1.29, 1.82) is 0 Å². The van der Waals surface area contributed by atoms with Gasteiger partial charge in [0.15, 0.2) is 0 Å². The zero-order chi connectivity index (χ0) is 20.3. The first-order chi connectivity index (χ1) is 13.4. The largest absolute Gasteiger partial charge is 0.478 e. The Morgan fingerprint density at radius 3 is 2.54 bits per heavy atom. The maximum Gasteiger partial charge on any atom is 0.265 e. The topological polar surface area (TPSA) is 76.8 Å². The van der Waals surface area contributed by atoms with Crippen LogP contribution in [0.5, 0.6) is 0 Å². The minimum Gasteiger partial charge on any atom is -0.478 e. The van der Waals surface area contributed by atoms with Crippen LogP contribution in [0.15, 0.2) is 47.1 Å². The number of nitrogens with one attached hydrogen (secondary N) is 1. The highest BCUT2D eigenvalue weighted by Gasteiger charge is 2.45. The Morgan fingerprint density at radius 2 is 1.96 bits per heavy atom. The summed E-state index contributed by atoms with van der Waals surface area (Å²) >= 11 is 0. The summed E-state index contributed by atoms with van der Waals surface area (Å²) in [5, 5.41) is 3.13. The van der Waals surface area contributed by atoms with Gasteiger partial charge in [-0.1, -0.05) is 19.1 Å². The van der Waals surface area contributed by atoms with Crippen molar-refractivity contribution in [3.8, 4) is 0 Å². The van der Waals surface area contributed by atoms with E-state index in [0.29, 0.717) is 44.5 Å². The highest BCUT2D eigenvalue weighted by Crippen LogP contribution is 2.45. The van der Waals surface area contributed by atoms with Crippen molar-refractivity contribution in [3.63, 3.8) is 0 Å². The Bertz CT molecular complexity index is 798. The fourth-order valence-corrected chi connectivity index (χ4v) is 3.86. The minimum absolute atomic E-state index is 0.308. The average Bonchev–Trinajstić information content (AvgIpc) is 2.69. The Balaban J connectivity index is 2.21. The van der Waals surface area contributed by atoms with Crippen molar-refractivity contribution in [3.05, 3.63) is 58.5 Å². The van der Waals surface area contributed by atoms with Crippen molar-refractivity contribution in [2.75, 3.05) is 32.9 Å². The monoisotopic (exact) mass is 389 g/mol. The van der Waals surface area contributed by atoms with Crippen LogP contribution in [0.4, 0.5) is 4.39 Å². The minimum atomic E-state index is -0.705. The molecule has 2 heterocycles. The molecule has 1 aromatic rings. The van der Waals surface area contributed by atoms with Gasteiger partial charge >= 0.3 is 0 Å². The molecule has 0 spiro atoms. The van der Waals surface area contributed by atoms with Gasteiger partial charge in [-0.05, 0) is 43.5 Å². The van der Waals surface area contributed by atoms with E-state index in [1.54, 1.807) is 12.1 Å². The number of ether oxygens (including phenoxy) is 2. The quantitative estimate of drug-likeness (QED) is 0.781. The summed E-state index contributed by atoms with van der Waals surface area (Å²) in [6.45, 7) is 9.05. The molecule has 1 amide bonds. The molecule has 0 radical (unpaired) electrons. The lowest BCUT2D eigenvalue weighted by molar-refractivity contribution is -0.115. The number of benzene rings is 1. The SMILES string of the molecule is CCCOC1=C(N2CCOCC2)C(C)(c2ccc(F)cc2)C(C)=C(C(N)=O)N1. The first-order valence-electron chi connectivity index (χ1n) is 9.64. The van der Waals surface area contributed by atoms with Gasteiger partial charge in [0.2, 0.25) is 5.88 Å². The summed E-state index contributed by atoms with van der Waals surface area (Å²) < 4.78 is 25.2. The lowest BCUT2D eigenvalue weighted by atomic mass is 9.70. The van der Waals surface area contributed by atoms with Crippen molar-refractivity contribution in [1.82, 2.24) is 10.2 Å². The number of nitrogens with two attached hydrogens (primary N) is 1. The second kappa shape index (κ2) is 8.22. The number of carbonyl (C=O) groups excluding carboxylic acids is 1. The van der Waals surface area contributed by atoms with Crippen LogP contribution in [0, 0.1) is 5.82 Å². The van der Waals surface area contributed by atoms with E-state index in [2.05, 4.69) is 10.2 Å². The number of allylic oxidation sites excluding steroid dienone is 1. The molecule has 152 valence electrons. The number of primary amides is 1. The number of dihydropyridines is 1. The van der Waals surface area contributed by atoms with E-state index in [1.807, 2.05) is 20.8 Å². The Morgan fingerprint density at radius 1 is 1.32 bits per heavy atom. The average molecular weight is 389 g/mol. The standard InChI is InChI=1S/C21H28FN3O3/c1-4-11-28-20-18(25-9-12-27-13-10-25)21(3,14(2)17(24-20)19(23)26)15-5-7-16(22)8-6-15/h5-8,24H,4,9-13H2,1-3H3,(H2,23,26). The van der Waals surface area contributed by atoms with Gasteiger partial charge in [-0.3, -0.25) is 4.79 Å². The Hall–Kier alpha value is -2.54. The lowest BCUT2D eigenvalue weighted by Gasteiger charge is -2.46. The van der Waals surface area contributed by atoms with Crippen LogP contribution in [0.2, 0.25) is 0 Å². The predicted molar refractivity (Wildman–Crippen MR) is 104 cm³/mol. The molecule has 1 saturated heterocycles. The fraction of sp³-hybridized carbons (Fsp3) is 0.476. The molecule has 2 aliphatic heterocycles. The number of rotatable bonds is 6. The van der Waals surface area contributed by atoms with E-state index < -0.39 is 11.3 Å². The molecule has 3 rings (SSSR count). The Labute approximate surface area is 165 Å². The normalized spacial score (nSPS) is 22.9. The van der Waals surface area contributed by atoms with Crippen LogP contribution in [-0.2, 0) is 19.7 Å². The Kier molecular flexibility index (Phi) is 5.93. The molecular weight excluding hydrogens is 361 g/mol. The van der Waals surface area contributed by atoms with Crippen molar-refractivity contribution in [2.45, 2.75) is 32.6 Å². The number of amides is 1. The van der Waals surface area contributed by atoms with Crippen molar-refractivity contribution >= 4 is 5.91 Å². The van der Waals surface area contributed by atoms with Crippen LogP contribution in [0.1, 0.15) is 32.8 Å². The number of morpholine rings is 1. The van der Waals surface area contributed by atoms with Crippen molar-refractivity contribution < 1.29 is 18.7 Å². The van der Waals surface area contributed by atoms with E-state index >= 15 is 0 Å². The van der Waals surface area contributed by atoms with Crippen LogP contribution in [0.3, 0.4) is 0 Å². The smallest absolute Gasteiger partial charge is 0.265 e. The first-order valence-corrected chi connectivity index (χ1v) is 9.64. The van der Waals surface area contributed by atoms with E-state index in [0.717, 1.165) is 23.3 Å². The van der Waals surface area contributed by atoms with Gasteiger partial charge in [0, 0.05) is 13.1 Å². The zero-order valence-corrected chi connectivity index (χ0v) is 16.7. The van der Waals surface area contributed by atoms with Crippen LogP contribution < -0.4 is 11.1 Å². The van der Waals surface area contributed by atoms with E-state index in [4.69, 9.17) is 15.2 Å². The third-order valence-corrected chi connectivity index (χ3v) is 5.50.